The van der Waals surface area contributed by atoms with Gasteiger partial charge in [0.25, 0.3) is 0 Å². The molecule has 1 fully saturated rings. The number of aliphatic carboxylic acids is 1. The van der Waals surface area contributed by atoms with Crippen LogP contribution >= 0.6 is 0 Å². The molecule has 25 heavy (non-hydrogen) atoms. The topological polar surface area (TPSA) is 76.0 Å². The molecule has 0 spiro atoms. The lowest BCUT2D eigenvalue weighted by Crippen LogP contribution is -2.41. The van der Waals surface area contributed by atoms with E-state index in [0.717, 1.165) is 0 Å². The van der Waals surface area contributed by atoms with E-state index in [0.29, 0.717) is 16.6 Å². The fourth-order valence-corrected chi connectivity index (χ4v) is 2.49. The molecule has 0 aromatic heterocycles. The number of hydrogen-bond donors (Lipinski definition) is 2. The van der Waals surface area contributed by atoms with E-state index in [1.165, 1.54) is 6.07 Å². The first-order valence-electron chi connectivity index (χ1n) is 8.23. The minimum absolute atomic E-state index is 0.123. The summed E-state index contributed by atoms with van der Waals surface area (Å²) in [6.07, 6.45) is 1.64. The Labute approximate surface area is 147 Å². The van der Waals surface area contributed by atoms with Gasteiger partial charge in [-0.15, -0.1) is 0 Å². The predicted octanol–water partition coefficient (Wildman–Crippen LogP) is 2.85. The number of carboxylic acids is 1. The predicted molar refractivity (Wildman–Crippen MR) is 93.5 cm³/mol. The Kier molecular flexibility index (Phi) is 5.71. The van der Waals surface area contributed by atoms with Gasteiger partial charge in [-0.25, -0.2) is 4.39 Å². The molecule has 1 aromatic rings. The second-order valence-electron chi connectivity index (χ2n) is 7.21. The molecule has 1 aromatic carbocycles. The Morgan fingerprint density at radius 1 is 1.24 bits per heavy atom. The smallest absolute Gasteiger partial charge is 0.481 e. The average Bonchev–Trinajstić information content (AvgIpc) is 2.71. The van der Waals surface area contributed by atoms with Crippen LogP contribution in [0.15, 0.2) is 23.7 Å². The number of halogens is 1. The highest BCUT2D eigenvalue weighted by atomic mass is 19.1. The Bertz CT molecular complexity index is 668. The van der Waals surface area contributed by atoms with Crippen LogP contribution in [0.1, 0.15) is 45.2 Å². The molecule has 1 heterocycles. The molecule has 1 aliphatic heterocycles. The number of carbonyl (C=O) groups is 1. The standard InChI is InChI=1S/C18H24BFO5/c1-17(2)18(3,4)25-19(24-17)14(11-21)9-12-5-6-13(15(20)10-12)7-8-16(22)23/h5-6,9-10,21H,7-8,11H2,1-4H3,(H,22,23). The summed E-state index contributed by atoms with van der Waals surface area (Å²) in [6.45, 7) is 7.38. The highest BCUT2D eigenvalue weighted by Crippen LogP contribution is 2.38. The number of aliphatic hydroxyl groups is 1. The van der Waals surface area contributed by atoms with Crippen molar-refractivity contribution in [3.8, 4) is 0 Å². The minimum Gasteiger partial charge on any atom is -0.481 e. The van der Waals surface area contributed by atoms with E-state index < -0.39 is 30.1 Å². The maximum atomic E-state index is 14.1. The third kappa shape index (κ3) is 4.48. The second-order valence-corrected chi connectivity index (χ2v) is 7.21. The summed E-state index contributed by atoms with van der Waals surface area (Å²) in [5.41, 5.74) is 0.336. The van der Waals surface area contributed by atoms with Gasteiger partial charge in [0.2, 0.25) is 0 Å². The zero-order valence-corrected chi connectivity index (χ0v) is 15.0. The van der Waals surface area contributed by atoms with Crippen molar-refractivity contribution in [1.29, 1.82) is 0 Å². The Morgan fingerprint density at radius 2 is 1.84 bits per heavy atom. The van der Waals surface area contributed by atoms with Crippen molar-refractivity contribution in [3.05, 3.63) is 40.6 Å². The van der Waals surface area contributed by atoms with Crippen molar-refractivity contribution in [2.24, 2.45) is 0 Å². The molecule has 7 heteroatoms. The largest absolute Gasteiger partial charge is 0.492 e. The molecule has 0 atom stereocenters. The van der Waals surface area contributed by atoms with Crippen molar-refractivity contribution in [3.63, 3.8) is 0 Å². The zero-order valence-electron chi connectivity index (χ0n) is 15.0. The van der Waals surface area contributed by atoms with E-state index in [4.69, 9.17) is 14.4 Å². The molecule has 2 N–H and O–H groups in total. The lowest BCUT2D eigenvalue weighted by molar-refractivity contribution is -0.136. The highest BCUT2D eigenvalue weighted by Gasteiger charge is 2.52. The first-order chi connectivity index (χ1) is 11.6. The molecule has 0 amide bonds. The van der Waals surface area contributed by atoms with Gasteiger partial charge in [-0.3, -0.25) is 4.79 Å². The fourth-order valence-electron chi connectivity index (χ4n) is 2.49. The third-order valence-electron chi connectivity index (χ3n) is 4.78. The van der Waals surface area contributed by atoms with Gasteiger partial charge in [0.1, 0.15) is 5.82 Å². The Morgan fingerprint density at radius 3 is 2.32 bits per heavy atom. The van der Waals surface area contributed by atoms with Crippen LogP contribution in [-0.2, 0) is 20.5 Å². The summed E-state index contributed by atoms with van der Waals surface area (Å²) >= 11 is 0. The molecule has 0 bridgehead atoms. The Balaban J connectivity index is 2.20. The van der Waals surface area contributed by atoms with Crippen LogP contribution < -0.4 is 0 Å². The number of aliphatic hydroxyl groups excluding tert-OH is 1. The van der Waals surface area contributed by atoms with Crippen molar-refractivity contribution < 1.29 is 28.7 Å². The maximum absolute atomic E-state index is 14.1. The van der Waals surface area contributed by atoms with E-state index in [-0.39, 0.29) is 19.4 Å². The number of rotatable bonds is 6. The third-order valence-corrected chi connectivity index (χ3v) is 4.78. The van der Waals surface area contributed by atoms with Crippen molar-refractivity contribution in [1.82, 2.24) is 0 Å². The highest BCUT2D eigenvalue weighted by molar-refractivity contribution is 6.55. The number of carboxylic acid groups (broad SMARTS) is 1. The summed E-state index contributed by atoms with van der Waals surface area (Å²) in [6, 6.07) is 4.56. The van der Waals surface area contributed by atoms with Gasteiger partial charge < -0.3 is 19.5 Å². The normalized spacial score (nSPS) is 19.3. The monoisotopic (exact) mass is 350 g/mol. The number of hydrogen-bond acceptors (Lipinski definition) is 4. The molecule has 5 nitrogen and oxygen atoms in total. The van der Waals surface area contributed by atoms with Gasteiger partial charge in [-0.2, -0.15) is 0 Å². The van der Waals surface area contributed by atoms with Crippen LogP contribution in [0.2, 0.25) is 0 Å². The molecule has 0 unspecified atom stereocenters. The SMILES string of the molecule is CC1(C)OB(C(=Cc2ccc(CCC(=O)O)c(F)c2)CO)OC1(C)C. The van der Waals surface area contributed by atoms with Gasteiger partial charge in [0.05, 0.1) is 17.8 Å². The van der Waals surface area contributed by atoms with Crippen molar-refractivity contribution >= 4 is 19.2 Å². The Hall–Kier alpha value is -1.70. The fraction of sp³-hybridized carbons (Fsp3) is 0.500. The van der Waals surface area contributed by atoms with E-state index in [1.54, 1.807) is 18.2 Å². The maximum Gasteiger partial charge on any atom is 0.492 e. The van der Waals surface area contributed by atoms with Crippen LogP contribution in [0, 0.1) is 5.82 Å². The van der Waals surface area contributed by atoms with Crippen LogP contribution in [0.25, 0.3) is 6.08 Å². The van der Waals surface area contributed by atoms with Gasteiger partial charge in [-0.05, 0) is 56.8 Å². The van der Waals surface area contributed by atoms with Crippen molar-refractivity contribution in [2.75, 3.05) is 6.61 Å². The first kappa shape index (κ1) is 19.6. The summed E-state index contributed by atoms with van der Waals surface area (Å²) in [7, 11) is -0.704. The van der Waals surface area contributed by atoms with E-state index >= 15 is 0 Å². The second kappa shape index (κ2) is 7.27. The lowest BCUT2D eigenvalue weighted by Gasteiger charge is -2.32. The van der Waals surface area contributed by atoms with Crippen LogP contribution in [0.5, 0.6) is 0 Å². The molecule has 1 aliphatic rings. The number of benzene rings is 1. The summed E-state index contributed by atoms with van der Waals surface area (Å²) in [4.78, 5) is 10.6. The molecule has 0 aliphatic carbocycles. The first-order valence-corrected chi connectivity index (χ1v) is 8.23. The van der Waals surface area contributed by atoms with E-state index in [1.807, 2.05) is 27.7 Å². The number of aryl methyl sites for hydroxylation is 1. The van der Waals surface area contributed by atoms with E-state index in [2.05, 4.69) is 0 Å². The molecular weight excluding hydrogens is 326 g/mol. The van der Waals surface area contributed by atoms with Crippen LogP contribution in [0.4, 0.5) is 4.39 Å². The van der Waals surface area contributed by atoms with Gasteiger partial charge in [0.15, 0.2) is 0 Å². The molecule has 0 saturated carbocycles. The lowest BCUT2D eigenvalue weighted by atomic mass is 9.77. The van der Waals surface area contributed by atoms with Crippen LogP contribution in [0.3, 0.4) is 0 Å². The zero-order chi connectivity index (χ0) is 18.8. The van der Waals surface area contributed by atoms with Gasteiger partial charge in [0, 0.05) is 6.42 Å². The molecule has 136 valence electrons. The van der Waals surface area contributed by atoms with E-state index in [9.17, 15) is 14.3 Å². The van der Waals surface area contributed by atoms with Gasteiger partial charge >= 0.3 is 13.1 Å². The molecule has 1 saturated heterocycles. The molecular formula is C18H24BFO5. The average molecular weight is 350 g/mol. The summed E-state index contributed by atoms with van der Waals surface area (Å²) in [5.74, 6) is -1.44. The minimum atomic E-state index is -0.966. The molecule has 2 rings (SSSR count). The summed E-state index contributed by atoms with van der Waals surface area (Å²) < 4.78 is 25.9. The quantitative estimate of drug-likeness (QED) is 0.772. The van der Waals surface area contributed by atoms with Gasteiger partial charge in [-0.1, -0.05) is 18.2 Å². The van der Waals surface area contributed by atoms with Crippen molar-refractivity contribution in [2.45, 2.75) is 51.7 Å². The summed E-state index contributed by atoms with van der Waals surface area (Å²) in [5, 5.41) is 18.4. The molecule has 0 radical (unpaired) electrons. The van der Waals surface area contributed by atoms with Crippen LogP contribution in [-0.4, -0.2) is 41.1 Å².